The summed E-state index contributed by atoms with van der Waals surface area (Å²) in [6, 6.07) is 0.0718. The molecule has 1 fully saturated rings. The van der Waals surface area contributed by atoms with Crippen molar-refractivity contribution in [1.29, 1.82) is 0 Å². The molecule has 120 valence electrons. The number of nitrogens with two attached hydrogens (primary N) is 1. The lowest BCUT2D eigenvalue weighted by atomic mass is 9.70. The molecule has 0 aliphatic heterocycles. The van der Waals surface area contributed by atoms with Crippen molar-refractivity contribution in [2.75, 3.05) is 14.1 Å². The monoisotopic (exact) mass is 312 g/mol. The highest BCUT2D eigenvalue weighted by atomic mass is 35.5. The summed E-state index contributed by atoms with van der Waals surface area (Å²) in [6.45, 7) is 4.28. The number of halogens is 1. The van der Waals surface area contributed by atoms with E-state index in [1.165, 1.54) is 19.3 Å². The molecule has 2 rings (SSSR count). The van der Waals surface area contributed by atoms with Crippen molar-refractivity contribution in [3.63, 3.8) is 0 Å². The van der Waals surface area contributed by atoms with Gasteiger partial charge in [-0.25, -0.2) is 0 Å². The van der Waals surface area contributed by atoms with E-state index in [2.05, 4.69) is 31.0 Å². The van der Waals surface area contributed by atoms with Gasteiger partial charge in [0, 0.05) is 25.0 Å². The van der Waals surface area contributed by atoms with Crippen molar-refractivity contribution >= 4 is 11.6 Å². The van der Waals surface area contributed by atoms with Gasteiger partial charge < -0.3 is 10.6 Å². The fourth-order valence-electron chi connectivity index (χ4n) is 3.94. The van der Waals surface area contributed by atoms with Gasteiger partial charge >= 0.3 is 0 Å². The molecule has 0 saturated heterocycles. The first kappa shape index (κ1) is 16.8. The van der Waals surface area contributed by atoms with E-state index in [4.69, 9.17) is 17.3 Å². The van der Waals surface area contributed by atoms with Crippen LogP contribution in [0.5, 0.6) is 0 Å². The molecule has 3 atom stereocenters. The van der Waals surface area contributed by atoms with Crippen molar-refractivity contribution in [3.05, 3.63) is 16.4 Å². The predicted molar refractivity (Wildman–Crippen MR) is 88.7 cm³/mol. The van der Waals surface area contributed by atoms with E-state index in [1.54, 1.807) is 0 Å². The smallest absolute Gasteiger partial charge is 0.0847 e. The van der Waals surface area contributed by atoms with E-state index in [-0.39, 0.29) is 11.6 Å². The van der Waals surface area contributed by atoms with Crippen LogP contribution < -0.4 is 5.73 Å². The molecule has 0 bridgehead atoms. The summed E-state index contributed by atoms with van der Waals surface area (Å²) in [4.78, 5) is 2.34. The molecule has 2 N–H and O–H groups in total. The molecule has 4 nitrogen and oxygen atoms in total. The fraction of sp³-hybridized carbons (Fsp3) is 0.812. The molecule has 5 heteroatoms. The average molecular weight is 313 g/mol. The molecule has 1 aliphatic carbocycles. The Hall–Kier alpha value is -0.580. The summed E-state index contributed by atoms with van der Waals surface area (Å²) in [5, 5.41) is 5.18. The van der Waals surface area contributed by atoms with E-state index >= 15 is 0 Å². The minimum absolute atomic E-state index is 0.0686. The van der Waals surface area contributed by atoms with Crippen LogP contribution in [-0.4, -0.2) is 40.4 Å². The van der Waals surface area contributed by atoms with Crippen LogP contribution in [0, 0.1) is 12.8 Å². The Morgan fingerprint density at radius 1 is 1.52 bits per heavy atom. The van der Waals surface area contributed by atoms with Crippen LogP contribution in [0.25, 0.3) is 0 Å². The number of aromatic nitrogens is 2. The molecule has 3 unspecified atom stereocenters. The molecule has 0 aromatic carbocycles. The van der Waals surface area contributed by atoms with Crippen molar-refractivity contribution in [1.82, 2.24) is 14.7 Å². The summed E-state index contributed by atoms with van der Waals surface area (Å²) in [5.41, 5.74) is 8.70. The Kier molecular flexibility index (Phi) is 5.01. The zero-order valence-electron chi connectivity index (χ0n) is 14.0. The Morgan fingerprint density at radius 2 is 2.19 bits per heavy atom. The minimum Gasteiger partial charge on any atom is -0.326 e. The topological polar surface area (TPSA) is 47.1 Å². The molecule has 21 heavy (non-hydrogen) atoms. The number of hydrogen-bond acceptors (Lipinski definition) is 3. The molecule has 1 aliphatic rings. The van der Waals surface area contributed by atoms with Crippen LogP contribution >= 0.6 is 11.6 Å². The lowest BCUT2D eigenvalue weighted by Gasteiger charge is -2.49. The van der Waals surface area contributed by atoms with Gasteiger partial charge in [-0.1, -0.05) is 31.4 Å². The fourth-order valence-corrected chi connectivity index (χ4v) is 4.18. The molecule has 0 radical (unpaired) electrons. The van der Waals surface area contributed by atoms with Gasteiger partial charge in [-0.15, -0.1) is 0 Å². The van der Waals surface area contributed by atoms with Gasteiger partial charge in [0.1, 0.15) is 0 Å². The van der Waals surface area contributed by atoms with Gasteiger partial charge in [-0.05, 0) is 39.8 Å². The molecule has 0 amide bonds. The number of rotatable bonds is 4. The van der Waals surface area contributed by atoms with E-state index in [9.17, 15) is 0 Å². The third kappa shape index (κ3) is 3.13. The maximum Gasteiger partial charge on any atom is 0.0847 e. The predicted octanol–water partition coefficient (Wildman–Crippen LogP) is 2.76. The molecule has 1 aromatic rings. The van der Waals surface area contributed by atoms with E-state index in [0.717, 1.165) is 35.2 Å². The van der Waals surface area contributed by atoms with Gasteiger partial charge in [0.15, 0.2) is 0 Å². The van der Waals surface area contributed by atoms with Gasteiger partial charge in [-0.3, -0.25) is 4.68 Å². The molecular formula is C16H29ClN4. The van der Waals surface area contributed by atoms with Crippen LogP contribution in [0.1, 0.15) is 44.0 Å². The van der Waals surface area contributed by atoms with Crippen molar-refractivity contribution in [2.24, 2.45) is 18.7 Å². The van der Waals surface area contributed by atoms with Crippen LogP contribution in [-0.2, 0) is 13.5 Å². The average Bonchev–Trinajstić information content (AvgIpc) is 2.65. The molecule has 1 aromatic heterocycles. The number of likely N-dealkylation sites (N-methyl/N-ethyl adjacent to an activating group) is 1. The third-order valence-corrected chi connectivity index (χ3v) is 5.76. The second-order valence-electron chi connectivity index (χ2n) is 6.98. The highest BCUT2D eigenvalue weighted by Gasteiger charge is 2.42. The lowest BCUT2D eigenvalue weighted by molar-refractivity contribution is 0.0498. The first-order valence-electron chi connectivity index (χ1n) is 7.89. The van der Waals surface area contributed by atoms with Gasteiger partial charge in [0.2, 0.25) is 0 Å². The van der Waals surface area contributed by atoms with E-state index in [1.807, 2.05) is 18.7 Å². The lowest BCUT2D eigenvalue weighted by Crippen LogP contribution is -2.60. The van der Waals surface area contributed by atoms with E-state index in [0.29, 0.717) is 0 Å². The summed E-state index contributed by atoms with van der Waals surface area (Å²) in [5.74, 6) is 0.732. The van der Waals surface area contributed by atoms with Crippen LogP contribution in [0.2, 0.25) is 5.02 Å². The number of aryl methyl sites for hydroxylation is 2. The van der Waals surface area contributed by atoms with Crippen LogP contribution in [0.4, 0.5) is 0 Å². The van der Waals surface area contributed by atoms with Crippen molar-refractivity contribution in [3.8, 4) is 0 Å². The Balaban J connectivity index is 2.25. The Morgan fingerprint density at radius 3 is 2.67 bits per heavy atom. The van der Waals surface area contributed by atoms with E-state index < -0.39 is 0 Å². The van der Waals surface area contributed by atoms with Gasteiger partial charge in [0.25, 0.3) is 0 Å². The number of hydrogen-bond donors (Lipinski definition) is 1. The van der Waals surface area contributed by atoms with Gasteiger partial charge in [0.05, 0.1) is 16.4 Å². The second-order valence-corrected chi connectivity index (χ2v) is 7.36. The zero-order valence-corrected chi connectivity index (χ0v) is 14.7. The molecule has 1 heterocycles. The first-order chi connectivity index (χ1) is 9.78. The second kappa shape index (κ2) is 6.27. The van der Waals surface area contributed by atoms with Crippen molar-refractivity contribution < 1.29 is 0 Å². The number of nitrogens with zero attached hydrogens (tertiary/aromatic N) is 3. The zero-order chi connectivity index (χ0) is 15.8. The molecule has 1 saturated carbocycles. The van der Waals surface area contributed by atoms with Crippen LogP contribution in [0.3, 0.4) is 0 Å². The maximum absolute atomic E-state index is 6.68. The van der Waals surface area contributed by atoms with Crippen molar-refractivity contribution in [2.45, 2.75) is 57.5 Å². The Labute approximate surface area is 133 Å². The maximum atomic E-state index is 6.68. The summed E-state index contributed by atoms with van der Waals surface area (Å²) in [6.07, 6.45) is 5.68. The first-order valence-corrected chi connectivity index (χ1v) is 8.26. The largest absolute Gasteiger partial charge is 0.326 e. The standard InChI is InChI=1S/C16H29ClN4/c1-11-7-6-8-16(10-11,20(3)4)14(18)9-13-15(17)12(2)19-21(13)5/h11,14H,6-10,18H2,1-5H3. The highest BCUT2D eigenvalue weighted by molar-refractivity contribution is 6.31. The van der Waals surface area contributed by atoms with Gasteiger partial charge in [-0.2, -0.15) is 5.10 Å². The highest BCUT2D eigenvalue weighted by Crippen LogP contribution is 2.39. The minimum atomic E-state index is 0.0686. The quantitative estimate of drug-likeness (QED) is 0.930. The summed E-state index contributed by atoms with van der Waals surface area (Å²) < 4.78 is 1.88. The molecular weight excluding hydrogens is 284 g/mol. The SMILES string of the molecule is Cc1nn(C)c(CC(N)C2(N(C)C)CCCC(C)C2)c1Cl. The van der Waals surface area contributed by atoms with Crippen LogP contribution in [0.15, 0.2) is 0 Å². The normalized spacial score (nSPS) is 28.1. The summed E-state index contributed by atoms with van der Waals surface area (Å²) in [7, 11) is 6.27. The molecule has 0 spiro atoms. The third-order valence-electron chi connectivity index (χ3n) is 5.26. The summed E-state index contributed by atoms with van der Waals surface area (Å²) >= 11 is 6.40. The Bertz CT molecular complexity index is 497.